The minimum absolute atomic E-state index is 0.323. The number of hydrogen-bond acceptors (Lipinski definition) is 3. The third-order valence-corrected chi connectivity index (χ3v) is 4.74. The number of thiocarbonyl (C=S) groups is 1. The van der Waals surface area contributed by atoms with E-state index >= 15 is 0 Å². The Morgan fingerprint density at radius 1 is 1.38 bits per heavy atom. The molecule has 0 bridgehead atoms. The van der Waals surface area contributed by atoms with Gasteiger partial charge in [0.2, 0.25) is 0 Å². The Kier molecular flexibility index (Phi) is 7.78. The first-order valence-corrected chi connectivity index (χ1v) is 7.05. The number of unbranched alkanes of at least 4 members (excludes halogenated alkanes) is 2. The summed E-state index contributed by atoms with van der Waals surface area (Å²) in [6.07, 6.45) is 5.28. The fraction of sp³-hybridized carbons (Fsp3) is 0.833. The molecule has 16 heavy (non-hydrogen) atoms. The van der Waals surface area contributed by atoms with Crippen LogP contribution in [0.3, 0.4) is 0 Å². The highest BCUT2D eigenvalue weighted by molar-refractivity contribution is 8.23. The summed E-state index contributed by atoms with van der Waals surface area (Å²) in [7, 11) is 3.86. The third kappa shape index (κ3) is 5.18. The van der Waals surface area contributed by atoms with Crippen molar-refractivity contribution in [2.24, 2.45) is 0 Å². The Morgan fingerprint density at radius 2 is 2.00 bits per heavy atom. The van der Waals surface area contributed by atoms with E-state index < -0.39 is 0 Å². The van der Waals surface area contributed by atoms with E-state index in [0.717, 1.165) is 23.6 Å². The molecule has 0 radical (unpaired) electrons. The van der Waals surface area contributed by atoms with Gasteiger partial charge in [0.1, 0.15) is 9.07 Å². The summed E-state index contributed by atoms with van der Waals surface area (Å²) < 4.78 is 0.483. The Bertz CT molecular complexity index is 258. The molecule has 92 valence electrons. The van der Waals surface area contributed by atoms with Crippen molar-refractivity contribution in [3.05, 3.63) is 0 Å². The van der Waals surface area contributed by atoms with Crippen LogP contribution in [-0.2, 0) is 0 Å². The van der Waals surface area contributed by atoms with Crippen LogP contribution in [0.5, 0.6) is 0 Å². The van der Waals surface area contributed by atoms with Gasteiger partial charge in [0, 0.05) is 14.1 Å². The lowest BCUT2D eigenvalue weighted by atomic mass is 9.99. The summed E-state index contributed by atoms with van der Waals surface area (Å²) in [5.41, 5.74) is 0. The van der Waals surface area contributed by atoms with E-state index in [1.807, 2.05) is 19.0 Å². The van der Waals surface area contributed by atoms with Gasteiger partial charge in [-0.25, -0.2) is 0 Å². The first-order valence-electron chi connectivity index (χ1n) is 5.83. The van der Waals surface area contributed by atoms with Crippen molar-refractivity contribution in [2.45, 2.75) is 50.7 Å². The molecule has 1 atom stereocenters. The lowest BCUT2D eigenvalue weighted by molar-refractivity contribution is 0.572. The fourth-order valence-corrected chi connectivity index (χ4v) is 2.81. The molecule has 0 aromatic heterocycles. The molecule has 0 saturated heterocycles. The molecular formula is C12H22N2S2. The van der Waals surface area contributed by atoms with E-state index in [0.29, 0.717) is 0 Å². The number of thioether (sulfide) groups is 1. The quantitative estimate of drug-likeness (QED) is 0.534. The summed E-state index contributed by atoms with van der Waals surface area (Å²) >= 11 is 6.82. The second-order valence-corrected chi connectivity index (χ2v) is 6.20. The zero-order valence-electron chi connectivity index (χ0n) is 10.7. The van der Waals surface area contributed by atoms with E-state index in [4.69, 9.17) is 12.2 Å². The smallest absolute Gasteiger partial charge is 0.137 e. The maximum Gasteiger partial charge on any atom is 0.137 e. The fourth-order valence-electron chi connectivity index (χ4n) is 1.38. The van der Waals surface area contributed by atoms with Crippen molar-refractivity contribution in [3.8, 4) is 6.07 Å². The standard InChI is InChI=1S/C12H22N2S2/c1-5-7-8-9-12(6-2,10-13)16-11(15)14(3)4/h5-9H2,1-4H3. The number of nitrogens with zero attached hydrogens (tertiary/aromatic N) is 2. The van der Waals surface area contributed by atoms with Gasteiger partial charge in [-0.2, -0.15) is 5.26 Å². The second-order valence-electron chi connectivity index (χ2n) is 4.18. The number of rotatable bonds is 6. The Balaban J connectivity index is 4.45. The highest BCUT2D eigenvalue weighted by atomic mass is 32.2. The number of hydrogen-bond donors (Lipinski definition) is 0. The van der Waals surface area contributed by atoms with Crippen LogP contribution < -0.4 is 0 Å². The zero-order chi connectivity index (χ0) is 12.6. The molecule has 0 fully saturated rings. The molecule has 0 aromatic carbocycles. The summed E-state index contributed by atoms with van der Waals surface area (Å²) in [6.45, 7) is 4.25. The predicted molar refractivity (Wildman–Crippen MR) is 76.7 cm³/mol. The molecule has 0 aliphatic carbocycles. The van der Waals surface area contributed by atoms with E-state index in [1.165, 1.54) is 12.8 Å². The predicted octanol–water partition coefficient (Wildman–Crippen LogP) is 3.82. The van der Waals surface area contributed by atoms with Crippen LogP contribution in [-0.4, -0.2) is 28.1 Å². The molecule has 0 saturated carbocycles. The lowest BCUT2D eigenvalue weighted by Gasteiger charge is -2.26. The van der Waals surface area contributed by atoms with Crippen LogP contribution >= 0.6 is 24.0 Å². The molecule has 0 N–H and O–H groups in total. The maximum atomic E-state index is 9.36. The molecule has 0 aromatic rings. The van der Waals surface area contributed by atoms with Gasteiger partial charge >= 0.3 is 0 Å². The van der Waals surface area contributed by atoms with Gasteiger partial charge in [0.05, 0.1) is 6.07 Å². The van der Waals surface area contributed by atoms with Crippen molar-refractivity contribution >= 4 is 28.3 Å². The van der Waals surface area contributed by atoms with Crippen molar-refractivity contribution in [3.63, 3.8) is 0 Å². The molecule has 0 rings (SSSR count). The van der Waals surface area contributed by atoms with Gasteiger partial charge in [-0.05, 0) is 12.8 Å². The van der Waals surface area contributed by atoms with Crippen LogP contribution in [0, 0.1) is 11.3 Å². The molecule has 2 nitrogen and oxygen atoms in total. The van der Waals surface area contributed by atoms with Crippen LogP contribution in [0.1, 0.15) is 46.0 Å². The summed E-state index contributed by atoms with van der Waals surface area (Å²) in [5, 5.41) is 9.36. The van der Waals surface area contributed by atoms with Crippen LogP contribution in [0.25, 0.3) is 0 Å². The Morgan fingerprint density at radius 3 is 2.38 bits per heavy atom. The minimum atomic E-state index is -0.323. The van der Waals surface area contributed by atoms with Gasteiger partial charge < -0.3 is 4.90 Å². The number of nitriles is 1. The normalized spacial score (nSPS) is 13.9. The monoisotopic (exact) mass is 258 g/mol. The van der Waals surface area contributed by atoms with Gasteiger partial charge in [-0.3, -0.25) is 0 Å². The van der Waals surface area contributed by atoms with Gasteiger partial charge in [-0.15, -0.1) is 0 Å². The average Bonchev–Trinajstić information content (AvgIpc) is 2.27. The SMILES string of the molecule is CCCCCC(C#N)(CC)SC(=S)N(C)C. The lowest BCUT2D eigenvalue weighted by Crippen LogP contribution is -2.28. The third-order valence-electron chi connectivity index (χ3n) is 2.61. The highest BCUT2D eigenvalue weighted by Gasteiger charge is 2.30. The first-order chi connectivity index (χ1) is 7.51. The van der Waals surface area contributed by atoms with Crippen molar-refractivity contribution < 1.29 is 0 Å². The van der Waals surface area contributed by atoms with Crippen LogP contribution in [0.4, 0.5) is 0 Å². The van der Waals surface area contributed by atoms with Crippen LogP contribution in [0.2, 0.25) is 0 Å². The molecule has 0 amide bonds. The molecule has 0 aliphatic rings. The van der Waals surface area contributed by atoms with Crippen molar-refractivity contribution in [2.75, 3.05) is 14.1 Å². The van der Waals surface area contributed by atoms with Gasteiger partial charge in [-0.1, -0.05) is 57.1 Å². The second kappa shape index (κ2) is 7.92. The summed E-state index contributed by atoms with van der Waals surface area (Å²) in [5.74, 6) is 0. The maximum absolute atomic E-state index is 9.36. The Labute approximate surface area is 109 Å². The molecular weight excluding hydrogens is 236 g/mol. The van der Waals surface area contributed by atoms with E-state index in [-0.39, 0.29) is 4.75 Å². The molecule has 0 spiro atoms. The van der Waals surface area contributed by atoms with E-state index in [2.05, 4.69) is 19.9 Å². The van der Waals surface area contributed by atoms with Gasteiger partial charge in [0.25, 0.3) is 0 Å². The molecule has 0 aliphatic heterocycles. The largest absolute Gasteiger partial charge is 0.364 e. The van der Waals surface area contributed by atoms with E-state index in [9.17, 15) is 5.26 Å². The van der Waals surface area contributed by atoms with Crippen LogP contribution in [0.15, 0.2) is 0 Å². The van der Waals surface area contributed by atoms with Crippen molar-refractivity contribution in [1.82, 2.24) is 4.90 Å². The van der Waals surface area contributed by atoms with Gasteiger partial charge in [0.15, 0.2) is 0 Å². The first kappa shape index (κ1) is 15.7. The van der Waals surface area contributed by atoms with E-state index in [1.54, 1.807) is 11.8 Å². The molecule has 4 heteroatoms. The topological polar surface area (TPSA) is 27.0 Å². The highest BCUT2D eigenvalue weighted by Crippen LogP contribution is 2.35. The summed E-state index contributed by atoms with van der Waals surface area (Å²) in [4.78, 5) is 1.90. The summed E-state index contributed by atoms with van der Waals surface area (Å²) in [6, 6.07) is 2.46. The molecule has 1 unspecified atom stereocenters. The zero-order valence-corrected chi connectivity index (χ0v) is 12.4. The van der Waals surface area contributed by atoms with Crippen molar-refractivity contribution in [1.29, 1.82) is 5.26 Å². The minimum Gasteiger partial charge on any atom is -0.364 e. The Hall–Kier alpha value is -0.270. The average molecular weight is 258 g/mol. The molecule has 0 heterocycles.